The highest BCUT2D eigenvalue weighted by molar-refractivity contribution is 14.0. The van der Waals surface area contributed by atoms with Crippen molar-refractivity contribution in [1.29, 1.82) is 0 Å². The summed E-state index contributed by atoms with van der Waals surface area (Å²) >= 11 is 0. The third-order valence-corrected chi connectivity index (χ3v) is 3.64. The van der Waals surface area contributed by atoms with Crippen LogP contribution in [0.1, 0.15) is 30.9 Å². The molecule has 4 nitrogen and oxygen atoms in total. The summed E-state index contributed by atoms with van der Waals surface area (Å²) < 4.78 is 5.33. The van der Waals surface area contributed by atoms with Gasteiger partial charge in [-0.2, -0.15) is 0 Å². The predicted octanol–water partition coefficient (Wildman–Crippen LogP) is 3.40. The van der Waals surface area contributed by atoms with Gasteiger partial charge in [0.15, 0.2) is 5.96 Å². The average molecular weight is 429 g/mol. The molecule has 0 saturated carbocycles. The second-order valence-electron chi connectivity index (χ2n) is 5.55. The van der Waals surface area contributed by atoms with Crippen LogP contribution >= 0.6 is 24.0 Å². The first kappa shape index (κ1) is 20.0. The SMILES string of the molecule is CCNC(=NCc1cccc(C)c1)NCCC1=CCOCC1.I. The lowest BCUT2D eigenvalue weighted by Crippen LogP contribution is -2.38. The van der Waals surface area contributed by atoms with E-state index in [1.54, 1.807) is 0 Å². The molecule has 0 amide bonds. The van der Waals surface area contributed by atoms with Crippen LogP contribution < -0.4 is 10.6 Å². The van der Waals surface area contributed by atoms with Crippen LogP contribution in [0.2, 0.25) is 0 Å². The van der Waals surface area contributed by atoms with Gasteiger partial charge in [0.05, 0.1) is 19.8 Å². The number of benzene rings is 1. The number of nitrogens with zero attached hydrogens (tertiary/aromatic N) is 1. The van der Waals surface area contributed by atoms with Crippen molar-refractivity contribution in [1.82, 2.24) is 10.6 Å². The van der Waals surface area contributed by atoms with Crippen molar-refractivity contribution in [3.63, 3.8) is 0 Å². The van der Waals surface area contributed by atoms with E-state index in [1.165, 1.54) is 16.7 Å². The normalized spacial score (nSPS) is 14.7. The summed E-state index contributed by atoms with van der Waals surface area (Å²) in [7, 11) is 0. The lowest BCUT2D eigenvalue weighted by molar-refractivity contribution is 0.153. The Morgan fingerprint density at radius 3 is 2.87 bits per heavy atom. The van der Waals surface area contributed by atoms with E-state index in [0.717, 1.165) is 45.1 Å². The molecule has 1 heterocycles. The largest absolute Gasteiger partial charge is 0.377 e. The molecule has 1 aromatic carbocycles. The van der Waals surface area contributed by atoms with Gasteiger partial charge in [-0.15, -0.1) is 24.0 Å². The fourth-order valence-electron chi connectivity index (χ4n) is 2.46. The van der Waals surface area contributed by atoms with Crippen molar-refractivity contribution in [2.45, 2.75) is 33.2 Å². The zero-order valence-corrected chi connectivity index (χ0v) is 16.4. The number of aliphatic imine (C=N–C) groups is 1. The molecule has 2 rings (SSSR count). The molecule has 0 aliphatic carbocycles. The predicted molar refractivity (Wildman–Crippen MR) is 108 cm³/mol. The number of rotatable bonds is 6. The number of hydrogen-bond acceptors (Lipinski definition) is 2. The Kier molecular flexibility index (Phi) is 9.94. The molecular formula is C18H28IN3O. The van der Waals surface area contributed by atoms with E-state index in [9.17, 15) is 0 Å². The van der Waals surface area contributed by atoms with E-state index < -0.39 is 0 Å². The Morgan fingerprint density at radius 1 is 1.30 bits per heavy atom. The van der Waals surface area contributed by atoms with Gasteiger partial charge in [-0.05, 0) is 32.3 Å². The molecule has 23 heavy (non-hydrogen) atoms. The molecule has 0 radical (unpaired) electrons. The molecule has 5 heteroatoms. The molecule has 0 bridgehead atoms. The van der Waals surface area contributed by atoms with Gasteiger partial charge in [-0.25, -0.2) is 4.99 Å². The Labute approximate surface area is 156 Å². The molecular weight excluding hydrogens is 401 g/mol. The van der Waals surface area contributed by atoms with E-state index in [1.807, 2.05) is 0 Å². The maximum atomic E-state index is 5.33. The summed E-state index contributed by atoms with van der Waals surface area (Å²) in [6.45, 7) is 8.29. The minimum atomic E-state index is 0. The van der Waals surface area contributed by atoms with Crippen LogP contribution in [0.3, 0.4) is 0 Å². The van der Waals surface area contributed by atoms with Crippen LogP contribution in [0.15, 0.2) is 40.9 Å². The first-order valence-corrected chi connectivity index (χ1v) is 8.11. The molecule has 0 fully saturated rings. The van der Waals surface area contributed by atoms with E-state index in [0.29, 0.717) is 6.54 Å². The fraction of sp³-hybridized carbons (Fsp3) is 0.500. The monoisotopic (exact) mass is 429 g/mol. The third-order valence-electron chi connectivity index (χ3n) is 3.64. The third kappa shape index (κ3) is 7.83. The number of halogens is 1. The number of ether oxygens (including phenoxy) is 1. The van der Waals surface area contributed by atoms with Crippen LogP contribution in [0.25, 0.3) is 0 Å². The summed E-state index contributed by atoms with van der Waals surface area (Å²) in [5.74, 6) is 0.886. The molecule has 0 unspecified atom stereocenters. The Morgan fingerprint density at radius 2 is 2.17 bits per heavy atom. The molecule has 0 saturated heterocycles. The highest BCUT2D eigenvalue weighted by Gasteiger charge is 2.04. The van der Waals surface area contributed by atoms with E-state index in [-0.39, 0.29) is 24.0 Å². The van der Waals surface area contributed by atoms with E-state index in [2.05, 4.69) is 59.8 Å². The van der Waals surface area contributed by atoms with Crippen molar-refractivity contribution < 1.29 is 4.74 Å². The average Bonchev–Trinajstić information content (AvgIpc) is 2.54. The lowest BCUT2D eigenvalue weighted by atomic mass is 10.1. The van der Waals surface area contributed by atoms with Gasteiger partial charge in [0.2, 0.25) is 0 Å². The van der Waals surface area contributed by atoms with Gasteiger partial charge >= 0.3 is 0 Å². The van der Waals surface area contributed by atoms with Crippen LogP contribution in [-0.4, -0.2) is 32.3 Å². The quantitative estimate of drug-likeness (QED) is 0.315. The number of hydrogen-bond donors (Lipinski definition) is 2. The van der Waals surface area contributed by atoms with Gasteiger partial charge in [-0.3, -0.25) is 0 Å². The second kappa shape index (κ2) is 11.5. The Balaban J connectivity index is 0.00000264. The Hall–Kier alpha value is -1.08. The first-order valence-electron chi connectivity index (χ1n) is 8.11. The van der Waals surface area contributed by atoms with Crippen LogP contribution in [0.5, 0.6) is 0 Å². The number of nitrogens with one attached hydrogen (secondary N) is 2. The molecule has 128 valence electrons. The smallest absolute Gasteiger partial charge is 0.191 e. The summed E-state index contributed by atoms with van der Waals surface area (Å²) in [6.07, 6.45) is 4.30. The van der Waals surface area contributed by atoms with Crippen LogP contribution in [0.4, 0.5) is 0 Å². The Bertz CT molecular complexity index is 529. The maximum absolute atomic E-state index is 5.33. The maximum Gasteiger partial charge on any atom is 0.191 e. The van der Waals surface area contributed by atoms with Crippen molar-refractivity contribution in [3.8, 4) is 0 Å². The summed E-state index contributed by atoms with van der Waals surface area (Å²) in [5, 5.41) is 6.71. The van der Waals surface area contributed by atoms with Crippen molar-refractivity contribution in [2.75, 3.05) is 26.3 Å². The summed E-state index contributed by atoms with van der Waals surface area (Å²) in [6, 6.07) is 8.49. The number of aryl methyl sites for hydroxylation is 1. The fourth-order valence-corrected chi connectivity index (χ4v) is 2.46. The summed E-state index contributed by atoms with van der Waals surface area (Å²) in [5.41, 5.74) is 4.00. The van der Waals surface area contributed by atoms with Crippen LogP contribution in [-0.2, 0) is 11.3 Å². The lowest BCUT2D eigenvalue weighted by Gasteiger charge is -2.15. The topological polar surface area (TPSA) is 45.7 Å². The van der Waals surface area contributed by atoms with E-state index >= 15 is 0 Å². The second-order valence-corrected chi connectivity index (χ2v) is 5.55. The van der Waals surface area contributed by atoms with Crippen molar-refractivity contribution in [3.05, 3.63) is 47.0 Å². The van der Waals surface area contributed by atoms with E-state index in [4.69, 9.17) is 4.74 Å². The zero-order valence-electron chi connectivity index (χ0n) is 14.1. The van der Waals surface area contributed by atoms with Gasteiger partial charge in [0.25, 0.3) is 0 Å². The zero-order chi connectivity index (χ0) is 15.6. The van der Waals surface area contributed by atoms with Gasteiger partial charge in [0, 0.05) is 13.1 Å². The highest BCUT2D eigenvalue weighted by Crippen LogP contribution is 2.10. The molecule has 0 atom stereocenters. The molecule has 1 aromatic rings. The van der Waals surface area contributed by atoms with Crippen LogP contribution in [0, 0.1) is 6.92 Å². The van der Waals surface area contributed by atoms with Crippen molar-refractivity contribution in [2.24, 2.45) is 4.99 Å². The molecule has 1 aliphatic heterocycles. The molecule has 2 N–H and O–H groups in total. The number of guanidine groups is 1. The van der Waals surface area contributed by atoms with Gasteiger partial charge < -0.3 is 15.4 Å². The summed E-state index contributed by atoms with van der Waals surface area (Å²) in [4.78, 5) is 4.66. The van der Waals surface area contributed by atoms with Crippen molar-refractivity contribution >= 4 is 29.9 Å². The molecule has 0 spiro atoms. The molecule has 1 aliphatic rings. The minimum absolute atomic E-state index is 0. The first-order chi connectivity index (χ1) is 10.8. The standard InChI is InChI=1S/C18H27N3O.HI/c1-3-19-18(20-10-7-16-8-11-22-12-9-16)21-14-17-6-4-5-15(2)13-17;/h4-6,8,13H,3,7,9-12,14H2,1-2H3,(H2,19,20,21);1H. The minimum Gasteiger partial charge on any atom is -0.377 e. The van der Waals surface area contributed by atoms with Gasteiger partial charge in [0.1, 0.15) is 0 Å². The molecule has 0 aromatic heterocycles. The highest BCUT2D eigenvalue weighted by atomic mass is 127. The van der Waals surface area contributed by atoms with Gasteiger partial charge in [-0.1, -0.05) is 41.5 Å².